The Morgan fingerprint density at radius 3 is 2.57 bits per heavy atom. The van der Waals surface area contributed by atoms with Crippen molar-refractivity contribution in [3.63, 3.8) is 0 Å². The number of nitrogens with one attached hydrogen (secondary N) is 1. The first-order chi connectivity index (χ1) is 9.88. The summed E-state index contributed by atoms with van der Waals surface area (Å²) in [5.41, 5.74) is 1.80. The molecule has 1 saturated heterocycles. The van der Waals surface area contributed by atoms with Crippen molar-refractivity contribution in [2.75, 3.05) is 0 Å². The van der Waals surface area contributed by atoms with Crippen molar-refractivity contribution in [3.05, 3.63) is 17.0 Å². The van der Waals surface area contributed by atoms with E-state index in [1.807, 2.05) is 20.8 Å². The molecule has 1 aliphatic rings. The molecular formula is C14H20N2O5. The maximum Gasteiger partial charge on any atom is 0.332 e. The van der Waals surface area contributed by atoms with E-state index in [0.29, 0.717) is 19.3 Å². The molecule has 0 aromatic carbocycles. The fourth-order valence-corrected chi connectivity index (χ4v) is 2.50. The molecule has 3 atom stereocenters. The van der Waals surface area contributed by atoms with E-state index >= 15 is 0 Å². The van der Waals surface area contributed by atoms with Crippen LogP contribution in [0.15, 0.2) is 4.52 Å². The minimum absolute atomic E-state index is 0.109. The van der Waals surface area contributed by atoms with Gasteiger partial charge in [0.25, 0.3) is 0 Å². The summed E-state index contributed by atoms with van der Waals surface area (Å²) in [7, 11) is 0. The Morgan fingerprint density at radius 1 is 1.38 bits per heavy atom. The van der Waals surface area contributed by atoms with E-state index in [2.05, 4.69) is 10.5 Å². The molecule has 7 heteroatoms. The third-order valence-electron chi connectivity index (χ3n) is 3.67. The molecule has 1 aromatic heterocycles. The summed E-state index contributed by atoms with van der Waals surface area (Å²) in [6.07, 6.45) is -0.147. The van der Waals surface area contributed by atoms with Gasteiger partial charge in [0.15, 0.2) is 6.10 Å². The van der Waals surface area contributed by atoms with Crippen molar-refractivity contribution < 1.29 is 24.0 Å². The van der Waals surface area contributed by atoms with E-state index in [1.54, 1.807) is 0 Å². The lowest BCUT2D eigenvalue weighted by molar-refractivity contribution is -0.151. The van der Waals surface area contributed by atoms with Gasteiger partial charge in [0, 0.05) is 11.6 Å². The first kappa shape index (κ1) is 15.5. The number of ether oxygens (including phenoxy) is 1. The molecule has 1 aliphatic heterocycles. The smallest absolute Gasteiger partial charge is 0.332 e. The van der Waals surface area contributed by atoms with Crippen molar-refractivity contribution in [2.24, 2.45) is 0 Å². The van der Waals surface area contributed by atoms with Crippen LogP contribution >= 0.6 is 0 Å². The highest BCUT2D eigenvalue weighted by Gasteiger charge is 2.35. The van der Waals surface area contributed by atoms with E-state index in [-0.39, 0.29) is 11.9 Å². The van der Waals surface area contributed by atoms with Gasteiger partial charge in [-0.25, -0.2) is 4.79 Å². The lowest BCUT2D eigenvalue weighted by Crippen LogP contribution is -2.41. The molecule has 2 rings (SSSR count). The summed E-state index contributed by atoms with van der Waals surface area (Å²) in [6, 6.07) is -0.109. The topological polar surface area (TPSA) is 102 Å². The second kappa shape index (κ2) is 6.26. The molecule has 7 nitrogen and oxygen atoms in total. The highest BCUT2D eigenvalue weighted by molar-refractivity contribution is 5.82. The number of aliphatic carboxylic acids is 1. The zero-order valence-electron chi connectivity index (χ0n) is 12.4. The predicted molar refractivity (Wildman–Crippen MR) is 72.8 cm³/mol. The Kier molecular flexibility index (Phi) is 4.62. The van der Waals surface area contributed by atoms with Gasteiger partial charge in [0.1, 0.15) is 11.9 Å². The third-order valence-corrected chi connectivity index (χ3v) is 3.67. The molecule has 116 valence electrons. The van der Waals surface area contributed by atoms with Crippen LogP contribution in [0.1, 0.15) is 36.8 Å². The van der Waals surface area contributed by atoms with Gasteiger partial charge in [-0.1, -0.05) is 5.16 Å². The second-order valence-electron chi connectivity index (χ2n) is 5.45. The monoisotopic (exact) mass is 296 g/mol. The summed E-state index contributed by atoms with van der Waals surface area (Å²) >= 11 is 0. The molecular weight excluding hydrogens is 276 g/mol. The van der Waals surface area contributed by atoms with Gasteiger partial charge in [0.05, 0.1) is 5.69 Å². The Morgan fingerprint density at radius 2 is 2.05 bits per heavy atom. The van der Waals surface area contributed by atoms with Gasteiger partial charge in [-0.05, 0) is 40.0 Å². The van der Waals surface area contributed by atoms with Crippen molar-refractivity contribution in [2.45, 2.75) is 58.3 Å². The number of aromatic nitrogens is 1. The molecule has 0 saturated carbocycles. The van der Waals surface area contributed by atoms with Crippen LogP contribution in [0, 0.1) is 13.8 Å². The molecule has 1 unspecified atom stereocenters. The molecule has 1 amide bonds. The second-order valence-corrected chi connectivity index (χ2v) is 5.45. The predicted octanol–water partition coefficient (Wildman–Crippen LogP) is 0.971. The minimum atomic E-state index is -1.02. The average Bonchev–Trinajstić information content (AvgIpc) is 3.01. The number of amides is 1. The third kappa shape index (κ3) is 3.60. The van der Waals surface area contributed by atoms with Crippen LogP contribution < -0.4 is 5.32 Å². The quantitative estimate of drug-likeness (QED) is 0.839. The number of hydrogen-bond acceptors (Lipinski definition) is 5. The molecule has 0 radical (unpaired) electrons. The molecule has 0 spiro atoms. The Hall–Kier alpha value is -1.89. The van der Waals surface area contributed by atoms with E-state index in [4.69, 9.17) is 14.4 Å². The number of rotatable bonds is 5. The fourth-order valence-electron chi connectivity index (χ4n) is 2.50. The largest absolute Gasteiger partial charge is 0.479 e. The van der Waals surface area contributed by atoms with Gasteiger partial charge in [-0.15, -0.1) is 0 Å². The van der Waals surface area contributed by atoms with Crippen LogP contribution in [0.25, 0.3) is 0 Å². The van der Waals surface area contributed by atoms with Crippen LogP contribution in [0.5, 0.6) is 0 Å². The highest BCUT2D eigenvalue weighted by atomic mass is 16.5. The Labute approximate surface area is 122 Å². The average molecular weight is 296 g/mol. The lowest BCUT2D eigenvalue weighted by atomic mass is 10.1. The van der Waals surface area contributed by atoms with E-state index < -0.39 is 18.2 Å². The molecule has 1 fully saturated rings. The first-order valence-corrected chi connectivity index (χ1v) is 6.99. The number of carbonyl (C=O) groups excluding carboxylic acids is 1. The number of nitrogens with zero attached hydrogens (tertiary/aromatic N) is 1. The van der Waals surface area contributed by atoms with Crippen molar-refractivity contribution >= 4 is 11.9 Å². The highest BCUT2D eigenvalue weighted by Crippen LogP contribution is 2.20. The van der Waals surface area contributed by atoms with Crippen LogP contribution in [-0.2, 0) is 20.7 Å². The standard InChI is InChI=1S/C14H20N2O5/c1-7(6-10-8(2)16-21-9(10)3)15-13(17)11-4-5-12(20-11)14(18)19/h7,11-12H,4-6H2,1-3H3,(H,15,17)(H,18,19)/t7?,11-,12+/m0/s1. The maximum absolute atomic E-state index is 12.1. The number of carboxylic acid groups (broad SMARTS) is 1. The lowest BCUT2D eigenvalue weighted by Gasteiger charge is -2.17. The minimum Gasteiger partial charge on any atom is -0.479 e. The molecule has 2 heterocycles. The summed E-state index contributed by atoms with van der Waals surface area (Å²) in [4.78, 5) is 22.9. The van der Waals surface area contributed by atoms with Crippen LogP contribution in [0.3, 0.4) is 0 Å². The summed E-state index contributed by atoms with van der Waals surface area (Å²) in [5, 5.41) is 15.6. The number of hydrogen-bond donors (Lipinski definition) is 2. The molecule has 21 heavy (non-hydrogen) atoms. The summed E-state index contributed by atoms with van der Waals surface area (Å²) < 4.78 is 10.3. The van der Waals surface area contributed by atoms with Crippen LogP contribution in [0.4, 0.5) is 0 Å². The van der Waals surface area contributed by atoms with E-state index in [1.165, 1.54) is 0 Å². The number of aryl methyl sites for hydroxylation is 2. The fraction of sp³-hybridized carbons (Fsp3) is 0.643. The van der Waals surface area contributed by atoms with Crippen molar-refractivity contribution in [1.82, 2.24) is 10.5 Å². The van der Waals surface area contributed by atoms with Gasteiger partial charge >= 0.3 is 5.97 Å². The zero-order chi connectivity index (χ0) is 15.6. The van der Waals surface area contributed by atoms with Crippen LogP contribution in [-0.4, -0.2) is 40.4 Å². The van der Waals surface area contributed by atoms with Crippen LogP contribution in [0.2, 0.25) is 0 Å². The normalized spacial score (nSPS) is 23.0. The maximum atomic E-state index is 12.1. The SMILES string of the molecule is Cc1noc(C)c1CC(C)NC(=O)[C@@H]1CC[C@H](C(=O)O)O1. The van der Waals surface area contributed by atoms with Crippen molar-refractivity contribution in [1.29, 1.82) is 0 Å². The molecule has 1 aromatic rings. The first-order valence-electron chi connectivity index (χ1n) is 6.99. The van der Waals surface area contributed by atoms with Gasteiger partial charge in [-0.2, -0.15) is 0 Å². The van der Waals surface area contributed by atoms with Crippen molar-refractivity contribution in [3.8, 4) is 0 Å². The summed E-state index contributed by atoms with van der Waals surface area (Å²) in [5.74, 6) is -0.538. The Bertz CT molecular complexity index is 520. The summed E-state index contributed by atoms with van der Waals surface area (Å²) in [6.45, 7) is 5.58. The van der Waals surface area contributed by atoms with E-state index in [9.17, 15) is 9.59 Å². The number of carbonyl (C=O) groups is 2. The number of carboxylic acids is 1. The molecule has 0 aliphatic carbocycles. The van der Waals surface area contributed by atoms with Gasteiger partial charge in [-0.3, -0.25) is 4.79 Å². The zero-order valence-corrected chi connectivity index (χ0v) is 12.4. The molecule has 2 N–H and O–H groups in total. The molecule has 0 bridgehead atoms. The van der Waals surface area contributed by atoms with Gasteiger partial charge < -0.3 is 19.7 Å². The van der Waals surface area contributed by atoms with E-state index in [0.717, 1.165) is 17.0 Å². The Balaban J connectivity index is 1.87. The van der Waals surface area contributed by atoms with Gasteiger partial charge in [0.2, 0.25) is 5.91 Å².